The molecule has 0 radical (unpaired) electrons. The summed E-state index contributed by atoms with van der Waals surface area (Å²) in [6.07, 6.45) is 0. The van der Waals surface area contributed by atoms with Crippen molar-refractivity contribution < 1.29 is 9.47 Å². The number of anilines is 3. The van der Waals surface area contributed by atoms with Gasteiger partial charge in [0.25, 0.3) is 0 Å². The van der Waals surface area contributed by atoms with Gasteiger partial charge in [-0.3, -0.25) is 0 Å². The predicted octanol–water partition coefficient (Wildman–Crippen LogP) is 14.2. The molecule has 0 atom stereocenters. The SMILES string of the molecule is c1ccc(-c2ccc(N(c3cccc4c3Oc3ccc5c(c3O4)-c3ccccc3C53c4ccccc4-c4ccccc43)c3cccc4ccccc34)cc2)cc1. The molecule has 2 aliphatic carbocycles. The van der Waals surface area contributed by atoms with Crippen LogP contribution in [-0.2, 0) is 5.41 Å². The molecule has 1 heterocycles. The van der Waals surface area contributed by atoms with Gasteiger partial charge in [0, 0.05) is 16.6 Å². The van der Waals surface area contributed by atoms with E-state index in [1.54, 1.807) is 0 Å². The van der Waals surface area contributed by atoms with E-state index in [2.05, 4.69) is 199 Å². The van der Waals surface area contributed by atoms with Gasteiger partial charge in [-0.05, 0) is 91.9 Å². The van der Waals surface area contributed by atoms with Gasteiger partial charge in [-0.2, -0.15) is 0 Å². The smallest absolute Gasteiger partial charge is 0.194 e. The molecule has 0 amide bonds. The van der Waals surface area contributed by atoms with Crippen LogP contribution in [0.15, 0.2) is 200 Å². The summed E-state index contributed by atoms with van der Waals surface area (Å²) in [4.78, 5) is 2.30. The van der Waals surface area contributed by atoms with E-state index >= 15 is 0 Å². The van der Waals surface area contributed by atoms with E-state index < -0.39 is 5.41 Å². The van der Waals surface area contributed by atoms with Crippen molar-refractivity contribution in [3.05, 3.63) is 222 Å². The summed E-state index contributed by atoms with van der Waals surface area (Å²) in [5.74, 6) is 2.81. The summed E-state index contributed by atoms with van der Waals surface area (Å²) in [5, 5.41) is 2.31. The lowest BCUT2D eigenvalue weighted by Gasteiger charge is -2.32. The van der Waals surface area contributed by atoms with Gasteiger partial charge < -0.3 is 14.4 Å². The van der Waals surface area contributed by atoms with Crippen LogP contribution in [0.5, 0.6) is 23.0 Å². The van der Waals surface area contributed by atoms with Crippen molar-refractivity contribution in [1.82, 2.24) is 0 Å². The number of hydrogen-bond donors (Lipinski definition) is 0. The number of nitrogens with zero attached hydrogens (tertiary/aromatic N) is 1. The third-order valence-corrected chi connectivity index (χ3v) is 11.9. The minimum Gasteiger partial charge on any atom is -0.449 e. The quantitative estimate of drug-likeness (QED) is 0.181. The van der Waals surface area contributed by atoms with Gasteiger partial charge in [0.05, 0.1) is 16.8 Å². The maximum Gasteiger partial charge on any atom is 0.194 e. The second-order valence-electron chi connectivity index (χ2n) is 14.8. The van der Waals surface area contributed by atoms with Crippen LogP contribution in [0, 0.1) is 0 Å². The zero-order chi connectivity index (χ0) is 36.8. The minimum atomic E-state index is -0.462. The van der Waals surface area contributed by atoms with E-state index in [-0.39, 0.29) is 0 Å². The first kappa shape index (κ1) is 31.0. The average molecular weight is 716 g/mol. The molecule has 0 unspecified atom stereocenters. The summed E-state index contributed by atoms with van der Waals surface area (Å²) in [7, 11) is 0. The van der Waals surface area contributed by atoms with Crippen molar-refractivity contribution in [1.29, 1.82) is 0 Å². The molecule has 3 heteroatoms. The first-order valence-electron chi connectivity index (χ1n) is 19.2. The van der Waals surface area contributed by atoms with Gasteiger partial charge >= 0.3 is 0 Å². The van der Waals surface area contributed by atoms with Crippen LogP contribution in [-0.4, -0.2) is 0 Å². The van der Waals surface area contributed by atoms with Crippen molar-refractivity contribution in [2.45, 2.75) is 5.41 Å². The van der Waals surface area contributed by atoms with Crippen LogP contribution < -0.4 is 14.4 Å². The second kappa shape index (κ2) is 11.8. The molecular formula is C53H33NO2. The highest BCUT2D eigenvalue weighted by molar-refractivity contribution is 6.01. The van der Waals surface area contributed by atoms with Gasteiger partial charge in [-0.15, -0.1) is 0 Å². The number of fused-ring (bicyclic) bond motifs is 14. The Labute approximate surface area is 325 Å². The number of ether oxygens (including phenoxy) is 2. The average Bonchev–Trinajstić information content (AvgIpc) is 3.74. The molecule has 0 saturated carbocycles. The summed E-state index contributed by atoms with van der Waals surface area (Å²) >= 11 is 0. The Kier molecular flexibility index (Phi) is 6.55. The highest BCUT2D eigenvalue weighted by Gasteiger charge is 2.53. The lowest BCUT2D eigenvalue weighted by atomic mass is 9.70. The van der Waals surface area contributed by atoms with E-state index in [0.717, 1.165) is 39.3 Å². The van der Waals surface area contributed by atoms with Crippen LogP contribution >= 0.6 is 0 Å². The fourth-order valence-corrected chi connectivity index (χ4v) is 9.64. The Morgan fingerprint density at radius 3 is 1.68 bits per heavy atom. The summed E-state index contributed by atoms with van der Waals surface area (Å²) in [6.45, 7) is 0. The normalized spacial score (nSPS) is 13.4. The molecule has 262 valence electrons. The molecule has 0 bridgehead atoms. The first-order chi connectivity index (χ1) is 27.8. The molecule has 1 aliphatic heterocycles. The van der Waals surface area contributed by atoms with Crippen molar-refractivity contribution in [3.8, 4) is 56.4 Å². The summed E-state index contributed by atoms with van der Waals surface area (Å²) in [5.41, 5.74) is 14.8. The zero-order valence-electron chi connectivity index (χ0n) is 30.3. The highest BCUT2D eigenvalue weighted by Crippen LogP contribution is 2.66. The van der Waals surface area contributed by atoms with E-state index in [1.165, 1.54) is 49.9 Å². The number of benzene rings is 9. The van der Waals surface area contributed by atoms with Crippen molar-refractivity contribution >= 4 is 27.8 Å². The Hall–Kier alpha value is -7.36. The van der Waals surface area contributed by atoms with Crippen LogP contribution in [0.3, 0.4) is 0 Å². The van der Waals surface area contributed by atoms with Crippen LogP contribution in [0.25, 0.3) is 44.2 Å². The Morgan fingerprint density at radius 1 is 0.357 bits per heavy atom. The molecule has 0 fully saturated rings. The first-order valence-corrected chi connectivity index (χ1v) is 19.2. The Morgan fingerprint density at radius 2 is 0.911 bits per heavy atom. The molecule has 0 aromatic heterocycles. The fourth-order valence-electron chi connectivity index (χ4n) is 9.64. The van der Waals surface area contributed by atoms with Crippen LogP contribution in [0.1, 0.15) is 22.3 Å². The maximum atomic E-state index is 7.13. The van der Waals surface area contributed by atoms with Gasteiger partial charge in [0.2, 0.25) is 0 Å². The lowest BCUT2D eigenvalue weighted by Crippen LogP contribution is -2.25. The van der Waals surface area contributed by atoms with E-state index in [1.807, 2.05) is 6.07 Å². The van der Waals surface area contributed by atoms with Crippen LogP contribution in [0.2, 0.25) is 0 Å². The molecule has 0 N–H and O–H groups in total. The number of hydrogen-bond acceptors (Lipinski definition) is 3. The molecule has 12 rings (SSSR count). The standard InChI is InChI=1S/C53H33NO2/c1-2-14-34(15-3-1)35-28-30-37(31-29-35)54(46-25-12-17-36-16-4-5-18-38(36)46)47-26-13-27-48-51(47)55-49-33-32-45-50(52(49)56-48)41-21-8-11-24-44(41)53(45)42-22-9-6-19-39(42)40-20-7-10-23-43(40)53/h1-33H. The lowest BCUT2D eigenvalue weighted by molar-refractivity contribution is 0.361. The van der Waals surface area contributed by atoms with E-state index in [0.29, 0.717) is 17.2 Å². The largest absolute Gasteiger partial charge is 0.449 e. The molecule has 56 heavy (non-hydrogen) atoms. The number of rotatable bonds is 4. The van der Waals surface area contributed by atoms with E-state index in [4.69, 9.17) is 9.47 Å². The minimum absolute atomic E-state index is 0.462. The van der Waals surface area contributed by atoms with Gasteiger partial charge in [0.1, 0.15) is 0 Å². The number of para-hydroxylation sites is 1. The third-order valence-electron chi connectivity index (χ3n) is 11.9. The van der Waals surface area contributed by atoms with Crippen molar-refractivity contribution in [2.24, 2.45) is 0 Å². The molecule has 9 aromatic carbocycles. The molecule has 3 aliphatic rings. The maximum absolute atomic E-state index is 7.13. The van der Waals surface area contributed by atoms with Gasteiger partial charge in [-0.1, -0.05) is 164 Å². The monoisotopic (exact) mass is 715 g/mol. The molecule has 3 nitrogen and oxygen atoms in total. The predicted molar refractivity (Wildman–Crippen MR) is 227 cm³/mol. The summed E-state index contributed by atoms with van der Waals surface area (Å²) in [6, 6.07) is 71.5. The fraction of sp³-hybridized carbons (Fsp3) is 0.0189. The molecular weight excluding hydrogens is 683 g/mol. The third kappa shape index (κ3) is 4.22. The van der Waals surface area contributed by atoms with Crippen molar-refractivity contribution in [3.63, 3.8) is 0 Å². The second-order valence-corrected chi connectivity index (χ2v) is 14.8. The zero-order valence-corrected chi connectivity index (χ0v) is 30.3. The van der Waals surface area contributed by atoms with Gasteiger partial charge in [0.15, 0.2) is 23.0 Å². The topological polar surface area (TPSA) is 21.7 Å². The molecule has 1 spiro atoms. The molecule has 0 saturated heterocycles. The van der Waals surface area contributed by atoms with Gasteiger partial charge in [-0.25, -0.2) is 0 Å². The summed E-state index contributed by atoms with van der Waals surface area (Å²) < 4.78 is 14.2. The van der Waals surface area contributed by atoms with E-state index in [9.17, 15) is 0 Å². The Balaban J connectivity index is 1.04. The highest BCUT2D eigenvalue weighted by atomic mass is 16.6. The van der Waals surface area contributed by atoms with Crippen LogP contribution in [0.4, 0.5) is 17.1 Å². The van der Waals surface area contributed by atoms with Crippen molar-refractivity contribution in [2.75, 3.05) is 4.90 Å². The Bertz CT molecular complexity index is 2990. The molecule has 9 aromatic rings.